The van der Waals surface area contributed by atoms with Crippen LogP contribution in [0.25, 0.3) is 22.7 Å². The second kappa shape index (κ2) is 9.72. The summed E-state index contributed by atoms with van der Waals surface area (Å²) in [7, 11) is -1.96. The van der Waals surface area contributed by atoms with Crippen molar-refractivity contribution in [2.75, 3.05) is 24.0 Å². The molecule has 0 aliphatic rings. The molecule has 1 unspecified atom stereocenters. The minimum absolute atomic E-state index is 0.00229. The quantitative estimate of drug-likeness (QED) is 0.576. The maximum absolute atomic E-state index is 12.5. The van der Waals surface area contributed by atoms with Gasteiger partial charge in [-0.05, 0) is 36.0 Å². The number of thioether (sulfide) groups is 1. The highest BCUT2D eigenvalue weighted by Crippen LogP contribution is 2.38. The minimum Gasteiger partial charge on any atom is -0.435 e. The van der Waals surface area contributed by atoms with E-state index < -0.39 is 27.1 Å². The first kappa shape index (κ1) is 23.4. The molecule has 0 amide bonds. The number of nitrogens with zero attached hydrogens (tertiary/aromatic N) is 2. The lowest BCUT2D eigenvalue weighted by molar-refractivity contribution is -0.0328. The number of halogens is 3. The molecule has 12 heteroatoms. The van der Waals surface area contributed by atoms with Crippen LogP contribution in [0.2, 0.25) is 0 Å². The van der Waals surface area contributed by atoms with Gasteiger partial charge in [-0.1, -0.05) is 6.92 Å². The number of nitrogen functional groups attached to an aromatic ring is 1. The average Bonchev–Trinajstić information content (AvgIpc) is 3.02. The third kappa shape index (κ3) is 6.82. The molecule has 0 saturated heterocycles. The monoisotopic (exact) mass is 465 g/mol. The Hall–Kier alpha value is -1.92. The van der Waals surface area contributed by atoms with Crippen molar-refractivity contribution < 1.29 is 26.0 Å². The predicted octanol–water partition coefficient (Wildman–Crippen LogP) is 4.21. The second-order valence-electron chi connectivity index (χ2n) is 5.69. The Kier molecular flexibility index (Phi) is 7.83. The Morgan fingerprint density at radius 2 is 1.86 bits per heavy atom. The van der Waals surface area contributed by atoms with E-state index in [2.05, 4.69) is 9.97 Å². The van der Waals surface area contributed by atoms with Gasteiger partial charge in [-0.2, -0.15) is 13.2 Å². The Labute approximate surface area is 174 Å². The van der Waals surface area contributed by atoms with Crippen LogP contribution < -0.4 is 5.73 Å². The molecule has 2 N–H and O–H groups in total. The van der Waals surface area contributed by atoms with Crippen molar-refractivity contribution in [1.29, 1.82) is 0 Å². The number of fused-ring (bicyclic) bond motifs is 1. The van der Waals surface area contributed by atoms with E-state index in [9.17, 15) is 21.6 Å². The SMILES string of the molecule is CCS(=O)c1cc(N)cnc1-c1nc2cc(SC(F)(F)F)ccc2o1.CS(C)=O. The van der Waals surface area contributed by atoms with E-state index in [0.29, 0.717) is 21.9 Å². The molecule has 0 aliphatic carbocycles. The number of oxazole rings is 1. The zero-order chi connectivity index (χ0) is 21.8. The molecule has 1 atom stereocenters. The number of hydrogen-bond acceptors (Lipinski definition) is 7. The van der Waals surface area contributed by atoms with Gasteiger partial charge in [0.05, 0.1) is 27.6 Å². The molecule has 0 aliphatic heterocycles. The molecule has 0 saturated carbocycles. The molecular formula is C17H18F3N3O3S3. The Morgan fingerprint density at radius 3 is 2.45 bits per heavy atom. The maximum atomic E-state index is 12.5. The molecule has 2 aromatic heterocycles. The summed E-state index contributed by atoms with van der Waals surface area (Å²) < 4.78 is 64.8. The lowest BCUT2D eigenvalue weighted by Gasteiger charge is -2.05. The molecule has 0 bridgehead atoms. The van der Waals surface area contributed by atoms with Crippen molar-refractivity contribution in [1.82, 2.24) is 9.97 Å². The number of nitrogens with two attached hydrogens (primary N) is 1. The summed E-state index contributed by atoms with van der Waals surface area (Å²) in [5.74, 6) is 0.436. The summed E-state index contributed by atoms with van der Waals surface area (Å²) in [6, 6.07) is 5.53. The maximum Gasteiger partial charge on any atom is 0.446 e. The number of anilines is 1. The summed E-state index contributed by atoms with van der Waals surface area (Å²) in [5.41, 5.74) is 2.49. The van der Waals surface area contributed by atoms with E-state index in [1.807, 2.05) is 0 Å². The first-order chi connectivity index (χ1) is 13.5. The third-order valence-corrected chi connectivity index (χ3v) is 5.22. The number of rotatable bonds is 4. The fraction of sp³-hybridized carbons (Fsp3) is 0.294. The van der Waals surface area contributed by atoms with Crippen LogP contribution in [0.3, 0.4) is 0 Å². The normalized spacial score (nSPS) is 12.7. The van der Waals surface area contributed by atoms with Crippen LogP contribution in [0, 0.1) is 0 Å². The lowest BCUT2D eigenvalue weighted by Crippen LogP contribution is -2.01. The Balaban J connectivity index is 0.000000687. The smallest absolute Gasteiger partial charge is 0.435 e. The lowest BCUT2D eigenvalue weighted by atomic mass is 10.3. The molecule has 158 valence electrons. The number of benzene rings is 1. The van der Waals surface area contributed by atoms with E-state index in [-0.39, 0.29) is 33.8 Å². The third-order valence-electron chi connectivity index (χ3n) is 3.18. The van der Waals surface area contributed by atoms with Crippen LogP contribution in [-0.2, 0) is 21.6 Å². The molecule has 1 aromatic carbocycles. The summed E-state index contributed by atoms with van der Waals surface area (Å²) >= 11 is -0.228. The van der Waals surface area contributed by atoms with Gasteiger partial charge in [0.15, 0.2) is 5.58 Å². The van der Waals surface area contributed by atoms with Gasteiger partial charge in [0.1, 0.15) is 11.2 Å². The van der Waals surface area contributed by atoms with Crippen molar-refractivity contribution >= 4 is 50.1 Å². The van der Waals surface area contributed by atoms with Gasteiger partial charge in [0, 0.05) is 34.0 Å². The summed E-state index contributed by atoms with van der Waals surface area (Å²) in [4.78, 5) is 8.71. The van der Waals surface area contributed by atoms with Gasteiger partial charge in [-0.15, -0.1) is 0 Å². The van der Waals surface area contributed by atoms with Gasteiger partial charge >= 0.3 is 5.51 Å². The van der Waals surface area contributed by atoms with Crippen molar-refractivity contribution in [3.63, 3.8) is 0 Å². The van der Waals surface area contributed by atoms with E-state index >= 15 is 0 Å². The van der Waals surface area contributed by atoms with E-state index in [4.69, 9.17) is 10.2 Å². The first-order valence-corrected chi connectivity index (χ1v) is 12.2. The van der Waals surface area contributed by atoms with Crippen LogP contribution in [0.1, 0.15) is 6.92 Å². The van der Waals surface area contributed by atoms with Crippen LogP contribution in [0.15, 0.2) is 44.7 Å². The predicted molar refractivity (Wildman–Crippen MR) is 111 cm³/mol. The van der Waals surface area contributed by atoms with Gasteiger partial charge in [0.25, 0.3) is 0 Å². The van der Waals surface area contributed by atoms with Crippen molar-refractivity contribution in [3.05, 3.63) is 30.5 Å². The number of aromatic nitrogens is 2. The Bertz CT molecular complexity index is 1050. The molecule has 2 heterocycles. The highest BCUT2D eigenvalue weighted by Gasteiger charge is 2.29. The standard InChI is InChI=1S/C15H12F3N3O2S2.C2H6OS/c1-2-25(22)12-5-8(19)7-20-13(12)14-21-10-6-9(24-15(16,17)18)3-4-11(10)23-14;1-4(2)3/h3-7H,2,19H2,1H3;1-2H3. The highest BCUT2D eigenvalue weighted by atomic mass is 32.2. The van der Waals surface area contributed by atoms with E-state index in [1.165, 1.54) is 30.5 Å². The van der Waals surface area contributed by atoms with Crippen LogP contribution >= 0.6 is 11.8 Å². The Morgan fingerprint density at radius 1 is 1.21 bits per heavy atom. The molecule has 29 heavy (non-hydrogen) atoms. The molecule has 0 radical (unpaired) electrons. The van der Waals surface area contributed by atoms with Gasteiger partial charge in [-0.3, -0.25) is 8.42 Å². The molecule has 3 aromatic rings. The summed E-state index contributed by atoms with van der Waals surface area (Å²) in [6.07, 6.45) is 4.66. The fourth-order valence-corrected chi connectivity index (χ4v) is 3.66. The molecule has 0 spiro atoms. The zero-order valence-electron chi connectivity index (χ0n) is 15.6. The molecular weight excluding hydrogens is 447 g/mol. The van der Waals surface area contributed by atoms with Crippen molar-refractivity contribution in [2.24, 2.45) is 0 Å². The van der Waals surface area contributed by atoms with Gasteiger partial charge in [-0.25, -0.2) is 9.97 Å². The van der Waals surface area contributed by atoms with Gasteiger partial charge < -0.3 is 10.2 Å². The summed E-state index contributed by atoms with van der Waals surface area (Å²) in [6.45, 7) is 1.75. The van der Waals surface area contributed by atoms with Crippen LogP contribution in [0.5, 0.6) is 0 Å². The van der Waals surface area contributed by atoms with Crippen LogP contribution in [-0.4, -0.2) is 42.2 Å². The number of alkyl halides is 3. The first-order valence-electron chi connectivity index (χ1n) is 8.05. The number of pyridine rings is 1. The topological polar surface area (TPSA) is 99.1 Å². The average molecular weight is 466 g/mol. The van der Waals surface area contributed by atoms with Crippen LogP contribution in [0.4, 0.5) is 18.9 Å². The van der Waals surface area contributed by atoms with Crippen molar-refractivity contribution in [2.45, 2.75) is 22.2 Å². The zero-order valence-corrected chi connectivity index (χ0v) is 18.1. The highest BCUT2D eigenvalue weighted by molar-refractivity contribution is 8.00. The minimum atomic E-state index is -4.38. The van der Waals surface area contributed by atoms with E-state index in [1.54, 1.807) is 19.4 Å². The second-order valence-corrected chi connectivity index (χ2v) is 10.0. The molecule has 3 rings (SSSR count). The fourth-order valence-electron chi connectivity index (χ4n) is 2.16. The summed E-state index contributed by atoms with van der Waals surface area (Å²) in [5, 5.41) is 0. The number of hydrogen-bond donors (Lipinski definition) is 1. The molecule has 0 fully saturated rings. The largest absolute Gasteiger partial charge is 0.446 e. The van der Waals surface area contributed by atoms with Gasteiger partial charge in [0.2, 0.25) is 5.89 Å². The van der Waals surface area contributed by atoms with Crippen molar-refractivity contribution in [3.8, 4) is 11.6 Å². The van der Waals surface area contributed by atoms with E-state index in [0.717, 1.165) is 0 Å². The molecule has 6 nitrogen and oxygen atoms in total.